The summed E-state index contributed by atoms with van der Waals surface area (Å²) >= 11 is 0. The number of nitrogens with zero attached hydrogens (tertiary/aromatic N) is 2. The third kappa shape index (κ3) is 7.36. The van der Waals surface area contributed by atoms with Crippen LogP contribution in [0.1, 0.15) is 64.9 Å². The van der Waals surface area contributed by atoms with Crippen molar-refractivity contribution in [3.05, 3.63) is 29.8 Å². The van der Waals surface area contributed by atoms with Crippen LogP contribution < -0.4 is 4.74 Å². The molecule has 3 rings (SSSR count). The van der Waals surface area contributed by atoms with E-state index in [0.29, 0.717) is 25.6 Å². The van der Waals surface area contributed by atoms with Gasteiger partial charge in [0, 0.05) is 19.6 Å². The zero-order valence-corrected chi connectivity index (χ0v) is 21.5. The fraction of sp³-hybridized carbons (Fsp3) is 0.704. The average Bonchev–Trinajstić information content (AvgIpc) is 2.82. The Kier molecular flexibility index (Phi) is 9.23. The number of piperidine rings is 2. The summed E-state index contributed by atoms with van der Waals surface area (Å²) < 4.78 is 16.3. The van der Waals surface area contributed by atoms with Gasteiger partial charge in [0.25, 0.3) is 0 Å². The van der Waals surface area contributed by atoms with E-state index in [0.717, 1.165) is 51.1 Å². The summed E-state index contributed by atoms with van der Waals surface area (Å²) in [6.07, 6.45) is 3.49. The largest absolute Gasteiger partial charge is 0.497 e. The molecule has 0 saturated carbocycles. The van der Waals surface area contributed by atoms with Crippen molar-refractivity contribution in [1.29, 1.82) is 0 Å². The van der Waals surface area contributed by atoms with Crippen LogP contribution in [-0.2, 0) is 14.3 Å². The molecule has 2 fully saturated rings. The zero-order chi connectivity index (χ0) is 24.7. The molecule has 0 aliphatic carbocycles. The van der Waals surface area contributed by atoms with Gasteiger partial charge >= 0.3 is 12.1 Å². The molecular weight excluding hydrogens is 432 g/mol. The molecule has 1 atom stereocenters. The lowest BCUT2D eigenvalue weighted by Gasteiger charge is -2.39. The number of benzene rings is 1. The van der Waals surface area contributed by atoms with Gasteiger partial charge in [0.15, 0.2) is 0 Å². The number of hydrogen-bond donors (Lipinski definition) is 0. The van der Waals surface area contributed by atoms with Gasteiger partial charge in [-0.2, -0.15) is 0 Å². The van der Waals surface area contributed by atoms with Crippen LogP contribution in [0.25, 0.3) is 0 Å². The smallest absolute Gasteiger partial charge is 0.410 e. The van der Waals surface area contributed by atoms with Gasteiger partial charge in [-0.3, -0.25) is 4.79 Å². The maximum Gasteiger partial charge on any atom is 0.410 e. The van der Waals surface area contributed by atoms with Crippen molar-refractivity contribution in [2.45, 2.75) is 64.9 Å². The van der Waals surface area contributed by atoms with Crippen LogP contribution in [0.15, 0.2) is 24.3 Å². The molecule has 2 heterocycles. The van der Waals surface area contributed by atoms with E-state index in [2.05, 4.69) is 17.0 Å². The van der Waals surface area contributed by atoms with Gasteiger partial charge in [0.05, 0.1) is 19.6 Å². The minimum Gasteiger partial charge on any atom is -0.497 e. The molecule has 7 heteroatoms. The van der Waals surface area contributed by atoms with Crippen molar-refractivity contribution in [2.75, 3.05) is 46.4 Å². The van der Waals surface area contributed by atoms with Crippen LogP contribution in [-0.4, -0.2) is 73.9 Å². The molecule has 0 spiro atoms. The van der Waals surface area contributed by atoms with Gasteiger partial charge in [0.2, 0.25) is 0 Å². The van der Waals surface area contributed by atoms with Crippen LogP contribution >= 0.6 is 0 Å². The number of amides is 1. The topological polar surface area (TPSA) is 68.3 Å². The third-order valence-corrected chi connectivity index (χ3v) is 6.98. The van der Waals surface area contributed by atoms with E-state index in [1.54, 1.807) is 12.0 Å². The summed E-state index contributed by atoms with van der Waals surface area (Å²) in [5.41, 5.74) is 0.858. The van der Waals surface area contributed by atoms with E-state index in [4.69, 9.17) is 14.2 Å². The van der Waals surface area contributed by atoms with Gasteiger partial charge in [-0.05, 0) is 96.0 Å². The summed E-state index contributed by atoms with van der Waals surface area (Å²) in [5.74, 6) is 1.39. The maximum absolute atomic E-state index is 12.9. The molecule has 190 valence electrons. The Morgan fingerprint density at radius 3 is 2.15 bits per heavy atom. The van der Waals surface area contributed by atoms with E-state index in [-0.39, 0.29) is 23.9 Å². The Balaban J connectivity index is 1.54. The highest BCUT2D eigenvalue weighted by Gasteiger charge is 2.36. The number of rotatable bonds is 7. The maximum atomic E-state index is 12.9. The van der Waals surface area contributed by atoms with Crippen molar-refractivity contribution in [3.63, 3.8) is 0 Å². The van der Waals surface area contributed by atoms with Crippen molar-refractivity contribution in [1.82, 2.24) is 9.80 Å². The summed E-state index contributed by atoms with van der Waals surface area (Å²) in [5, 5.41) is 0. The quantitative estimate of drug-likeness (QED) is 0.534. The van der Waals surface area contributed by atoms with E-state index in [1.807, 2.05) is 39.8 Å². The summed E-state index contributed by atoms with van der Waals surface area (Å²) in [4.78, 5) is 29.5. The van der Waals surface area contributed by atoms with Gasteiger partial charge in [0.1, 0.15) is 11.4 Å². The fourth-order valence-electron chi connectivity index (χ4n) is 5.08. The van der Waals surface area contributed by atoms with Crippen molar-refractivity contribution >= 4 is 12.1 Å². The van der Waals surface area contributed by atoms with E-state index >= 15 is 0 Å². The highest BCUT2D eigenvalue weighted by atomic mass is 16.6. The van der Waals surface area contributed by atoms with Gasteiger partial charge in [-0.25, -0.2) is 4.79 Å². The van der Waals surface area contributed by atoms with E-state index < -0.39 is 5.60 Å². The monoisotopic (exact) mass is 474 g/mol. The Bertz CT molecular complexity index is 788. The molecule has 0 bridgehead atoms. The van der Waals surface area contributed by atoms with Crippen LogP contribution in [0.4, 0.5) is 4.79 Å². The lowest BCUT2D eigenvalue weighted by molar-refractivity contribution is -0.151. The van der Waals surface area contributed by atoms with Crippen molar-refractivity contribution in [3.8, 4) is 5.75 Å². The number of esters is 1. The van der Waals surface area contributed by atoms with Crippen LogP contribution in [0, 0.1) is 11.8 Å². The molecule has 1 aromatic rings. The Morgan fingerprint density at radius 2 is 1.62 bits per heavy atom. The van der Waals surface area contributed by atoms with Gasteiger partial charge < -0.3 is 24.0 Å². The predicted molar refractivity (Wildman–Crippen MR) is 132 cm³/mol. The zero-order valence-electron chi connectivity index (χ0n) is 21.5. The van der Waals surface area contributed by atoms with E-state index in [9.17, 15) is 9.59 Å². The first-order valence-electron chi connectivity index (χ1n) is 12.7. The van der Waals surface area contributed by atoms with Crippen molar-refractivity contribution < 1.29 is 23.8 Å². The lowest BCUT2D eigenvalue weighted by Crippen LogP contribution is -2.47. The Labute approximate surface area is 204 Å². The van der Waals surface area contributed by atoms with E-state index in [1.165, 1.54) is 5.56 Å². The third-order valence-electron chi connectivity index (χ3n) is 6.98. The number of methoxy groups -OCH3 is 1. The second-order valence-corrected chi connectivity index (χ2v) is 10.5. The molecule has 2 saturated heterocycles. The Hall–Kier alpha value is -2.28. The number of ether oxygens (including phenoxy) is 3. The minimum absolute atomic E-state index is 0.101. The standard InChI is InChI=1S/C27H42N2O5/c1-6-33-25(30)24(22-13-17-29(18-14-22)26(31)34-27(2,3)4)19-28-15-11-21(12-16-28)20-7-9-23(32-5)10-8-20/h7-10,21-22,24H,6,11-19H2,1-5H3. The number of carbonyl (C=O) groups is 2. The molecule has 0 aromatic heterocycles. The molecule has 7 nitrogen and oxygen atoms in total. The fourth-order valence-corrected chi connectivity index (χ4v) is 5.08. The summed E-state index contributed by atoms with van der Waals surface area (Å²) in [6, 6.07) is 8.39. The number of hydrogen-bond acceptors (Lipinski definition) is 6. The second-order valence-electron chi connectivity index (χ2n) is 10.5. The first kappa shape index (κ1) is 26.3. The molecular formula is C27H42N2O5. The van der Waals surface area contributed by atoms with Crippen LogP contribution in [0.3, 0.4) is 0 Å². The van der Waals surface area contributed by atoms with Crippen molar-refractivity contribution in [2.24, 2.45) is 11.8 Å². The van der Waals surface area contributed by atoms with Crippen LogP contribution in [0.5, 0.6) is 5.75 Å². The number of carbonyl (C=O) groups excluding carboxylic acids is 2. The van der Waals surface area contributed by atoms with Crippen LogP contribution in [0.2, 0.25) is 0 Å². The number of likely N-dealkylation sites (tertiary alicyclic amines) is 2. The molecule has 0 radical (unpaired) electrons. The molecule has 2 aliphatic rings. The highest BCUT2D eigenvalue weighted by molar-refractivity contribution is 5.73. The summed E-state index contributed by atoms with van der Waals surface area (Å²) in [6.45, 7) is 11.8. The Morgan fingerprint density at radius 1 is 1.00 bits per heavy atom. The first-order chi connectivity index (χ1) is 16.2. The molecule has 0 N–H and O–H groups in total. The second kappa shape index (κ2) is 11.9. The average molecular weight is 475 g/mol. The lowest BCUT2D eigenvalue weighted by atomic mass is 9.83. The summed E-state index contributed by atoms with van der Waals surface area (Å²) in [7, 11) is 1.69. The van der Waals surface area contributed by atoms with Gasteiger partial charge in [-0.1, -0.05) is 12.1 Å². The highest BCUT2D eigenvalue weighted by Crippen LogP contribution is 2.32. The normalized spacial score (nSPS) is 19.5. The molecule has 2 aliphatic heterocycles. The SMILES string of the molecule is CCOC(=O)C(CN1CCC(c2ccc(OC)cc2)CC1)C1CCN(C(=O)OC(C)(C)C)CC1. The molecule has 1 aromatic carbocycles. The van der Waals surface area contributed by atoms with Gasteiger partial charge in [-0.15, -0.1) is 0 Å². The minimum atomic E-state index is -0.501. The molecule has 1 amide bonds. The predicted octanol–water partition coefficient (Wildman–Crippen LogP) is 4.70. The molecule has 34 heavy (non-hydrogen) atoms. The first-order valence-corrected chi connectivity index (χ1v) is 12.7. The molecule has 1 unspecified atom stereocenters.